The van der Waals surface area contributed by atoms with Crippen LogP contribution in [-0.2, 0) is 0 Å². The Morgan fingerprint density at radius 1 is 0.235 bits per heavy atom. The maximum Gasteiger partial charge on any atom is -0.00183 e. The zero-order valence-electron chi connectivity index (χ0n) is 24.7. The van der Waals surface area contributed by atoms with E-state index in [1.165, 1.54) is 181 Å². The molecule has 0 N–H and O–H groups in total. The first-order chi connectivity index (χ1) is 16.8. The van der Waals surface area contributed by atoms with Crippen LogP contribution >= 0.6 is 0 Å². The molecular formula is C32H68N2. The summed E-state index contributed by atoms with van der Waals surface area (Å²) in [5, 5.41) is 0. The molecule has 0 aromatic heterocycles. The van der Waals surface area contributed by atoms with Crippen LogP contribution in [0.2, 0.25) is 0 Å². The van der Waals surface area contributed by atoms with E-state index in [0.29, 0.717) is 0 Å². The van der Waals surface area contributed by atoms with Gasteiger partial charge in [0.25, 0.3) is 0 Å². The van der Waals surface area contributed by atoms with Crippen molar-refractivity contribution < 1.29 is 0 Å². The van der Waals surface area contributed by atoms with Gasteiger partial charge in [-0.05, 0) is 77.8 Å². The number of nitrogens with zero attached hydrogens (tertiary/aromatic N) is 2. The molecule has 0 rings (SSSR count). The van der Waals surface area contributed by atoms with E-state index in [2.05, 4.69) is 37.5 Å². The fraction of sp³-hybridized carbons (Fsp3) is 1.00. The SMILES string of the molecule is CCCCCCCN(CCCCCCC)CCCCN(CCCCCCC)CCCCCCC. The zero-order valence-corrected chi connectivity index (χ0v) is 24.7. The molecule has 0 atom stereocenters. The van der Waals surface area contributed by atoms with Crippen molar-refractivity contribution in [1.82, 2.24) is 9.80 Å². The van der Waals surface area contributed by atoms with Gasteiger partial charge < -0.3 is 9.80 Å². The van der Waals surface area contributed by atoms with Gasteiger partial charge in [0.2, 0.25) is 0 Å². The van der Waals surface area contributed by atoms with Gasteiger partial charge >= 0.3 is 0 Å². The van der Waals surface area contributed by atoms with Crippen LogP contribution in [0, 0.1) is 0 Å². The molecule has 0 aliphatic carbocycles. The summed E-state index contributed by atoms with van der Waals surface area (Å²) >= 11 is 0. The van der Waals surface area contributed by atoms with Crippen LogP contribution < -0.4 is 0 Å². The first-order valence-corrected chi connectivity index (χ1v) is 16.2. The highest BCUT2D eigenvalue weighted by Crippen LogP contribution is 2.11. The maximum atomic E-state index is 2.82. The smallest absolute Gasteiger partial charge is 0.00183 e. The third kappa shape index (κ3) is 25.0. The van der Waals surface area contributed by atoms with E-state index in [1.807, 2.05) is 0 Å². The van der Waals surface area contributed by atoms with Crippen LogP contribution in [0.4, 0.5) is 0 Å². The van der Waals surface area contributed by atoms with Gasteiger partial charge in [0, 0.05) is 0 Å². The topological polar surface area (TPSA) is 6.48 Å². The van der Waals surface area contributed by atoms with Gasteiger partial charge in [-0.15, -0.1) is 0 Å². The second-order valence-electron chi connectivity index (χ2n) is 11.0. The molecule has 0 amide bonds. The Bertz CT molecular complexity index is 295. The molecule has 0 aliphatic rings. The first kappa shape index (κ1) is 33.9. The molecule has 0 radical (unpaired) electrons. The van der Waals surface area contributed by atoms with E-state index >= 15 is 0 Å². The molecule has 0 aliphatic heterocycles. The van der Waals surface area contributed by atoms with Crippen molar-refractivity contribution >= 4 is 0 Å². The van der Waals surface area contributed by atoms with Gasteiger partial charge in [-0.3, -0.25) is 0 Å². The maximum absolute atomic E-state index is 2.82. The van der Waals surface area contributed by atoms with Crippen molar-refractivity contribution in [3.63, 3.8) is 0 Å². The molecule has 0 saturated carbocycles. The van der Waals surface area contributed by atoms with Crippen LogP contribution in [-0.4, -0.2) is 49.1 Å². The largest absolute Gasteiger partial charge is 0.303 e. The lowest BCUT2D eigenvalue weighted by Crippen LogP contribution is -2.30. The summed E-state index contributed by atoms with van der Waals surface area (Å²) in [7, 11) is 0. The molecule has 0 fully saturated rings. The minimum absolute atomic E-state index is 1.34. The second kappa shape index (κ2) is 29.2. The third-order valence-electron chi connectivity index (χ3n) is 7.51. The van der Waals surface area contributed by atoms with Crippen molar-refractivity contribution in [2.45, 2.75) is 169 Å². The van der Waals surface area contributed by atoms with Crippen molar-refractivity contribution in [1.29, 1.82) is 0 Å². The predicted octanol–water partition coefficient (Wildman–Crippen LogP) is 10.3. The van der Waals surface area contributed by atoms with Crippen molar-refractivity contribution in [3.05, 3.63) is 0 Å². The quantitative estimate of drug-likeness (QED) is 0.0982. The summed E-state index contributed by atoms with van der Waals surface area (Å²) in [5.74, 6) is 0. The number of rotatable bonds is 29. The van der Waals surface area contributed by atoms with E-state index in [4.69, 9.17) is 0 Å². The van der Waals surface area contributed by atoms with Gasteiger partial charge in [-0.25, -0.2) is 0 Å². The molecule has 0 aromatic rings. The zero-order chi connectivity index (χ0) is 25.0. The van der Waals surface area contributed by atoms with Gasteiger partial charge in [-0.1, -0.05) is 130 Å². The molecule has 2 heteroatoms. The van der Waals surface area contributed by atoms with Crippen LogP contribution in [0.1, 0.15) is 169 Å². The highest BCUT2D eigenvalue weighted by molar-refractivity contribution is 4.64. The summed E-state index contributed by atoms with van der Waals surface area (Å²) in [5.41, 5.74) is 0. The minimum Gasteiger partial charge on any atom is -0.303 e. The van der Waals surface area contributed by atoms with Crippen LogP contribution in [0.3, 0.4) is 0 Å². The summed E-state index contributed by atoms with van der Waals surface area (Å²) in [6.07, 6.45) is 31.0. The molecule has 0 unspecified atom stereocenters. The van der Waals surface area contributed by atoms with Gasteiger partial charge in [0.05, 0.1) is 0 Å². The molecular weight excluding hydrogens is 412 g/mol. The number of hydrogen-bond donors (Lipinski definition) is 0. The Labute approximate surface area is 218 Å². The van der Waals surface area contributed by atoms with Gasteiger partial charge in [-0.2, -0.15) is 0 Å². The predicted molar refractivity (Wildman–Crippen MR) is 157 cm³/mol. The number of hydrogen-bond acceptors (Lipinski definition) is 2. The second-order valence-corrected chi connectivity index (χ2v) is 11.0. The van der Waals surface area contributed by atoms with Crippen LogP contribution in [0.15, 0.2) is 0 Å². The fourth-order valence-electron chi connectivity index (χ4n) is 5.10. The monoisotopic (exact) mass is 481 g/mol. The molecule has 0 aromatic carbocycles. The van der Waals surface area contributed by atoms with E-state index in [-0.39, 0.29) is 0 Å². The fourth-order valence-corrected chi connectivity index (χ4v) is 5.10. The molecule has 34 heavy (non-hydrogen) atoms. The van der Waals surface area contributed by atoms with Gasteiger partial charge in [0.1, 0.15) is 0 Å². The van der Waals surface area contributed by atoms with Crippen molar-refractivity contribution in [3.8, 4) is 0 Å². The lowest BCUT2D eigenvalue weighted by atomic mass is 10.1. The normalized spacial score (nSPS) is 11.8. The van der Waals surface area contributed by atoms with Crippen molar-refractivity contribution in [2.75, 3.05) is 39.3 Å². The minimum atomic E-state index is 1.34. The highest BCUT2D eigenvalue weighted by atomic mass is 15.1. The van der Waals surface area contributed by atoms with Crippen molar-refractivity contribution in [2.24, 2.45) is 0 Å². The van der Waals surface area contributed by atoms with Crippen LogP contribution in [0.5, 0.6) is 0 Å². The summed E-state index contributed by atoms with van der Waals surface area (Å²) in [6.45, 7) is 17.3. The molecule has 206 valence electrons. The molecule has 2 nitrogen and oxygen atoms in total. The van der Waals surface area contributed by atoms with E-state index in [0.717, 1.165) is 0 Å². The highest BCUT2D eigenvalue weighted by Gasteiger charge is 2.08. The Balaban J connectivity index is 4.28. The van der Waals surface area contributed by atoms with Gasteiger partial charge in [0.15, 0.2) is 0 Å². The molecule has 0 spiro atoms. The average molecular weight is 481 g/mol. The Morgan fingerprint density at radius 3 is 0.618 bits per heavy atom. The van der Waals surface area contributed by atoms with E-state index < -0.39 is 0 Å². The molecule has 0 saturated heterocycles. The van der Waals surface area contributed by atoms with E-state index in [1.54, 1.807) is 0 Å². The number of unbranched alkanes of at least 4 members (excludes halogenated alkanes) is 17. The Hall–Kier alpha value is -0.0800. The molecule has 0 heterocycles. The van der Waals surface area contributed by atoms with E-state index in [9.17, 15) is 0 Å². The molecule has 0 bridgehead atoms. The summed E-state index contributed by atoms with van der Waals surface area (Å²) < 4.78 is 0. The summed E-state index contributed by atoms with van der Waals surface area (Å²) in [6, 6.07) is 0. The standard InChI is InChI=1S/C32H68N2/c1-5-9-13-17-21-27-33(28-22-18-14-10-6-2)31-25-26-32-34(29-23-19-15-11-7-3)30-24-20-16-12-8-4/h5-32H2,1-4H3. The van der Waals surface area contributed by atoms with Crippen LogP contribution in [0.25, 0.3) is 0 Å². The Kier molecular flexibility index (Phi) is 29.1. The first-order valence-electron chi connectivity index (χ1n) is 16.2. The lowest BCUT2D eigenvalue weighted by Gasteiger charge is -2.25. The summed E-state index contributed by atoms with van der Waals surface area (Å²) in [4.78, 5) is 5.63. The lowest BCUT2D eigenvalue weighted by molar-refractivity contribution is 0.229. The average Bonchev–Trinajstić information content (AvgIpc) is 2.84. The third-order valence-corrected chi connectivity index (χ3v) is 7.51. The Morgan fingerprint density at radius 2 is 0.412 bits per heavy atom.